The zero-order valence-electron chi connectivity index (χ0n) is 10.3. The van der Waals surface area contributed by atoms with Crippen molar-refractivity contribution < 1.29 is 14.8 Å². The molecule has 0 atom stereocenters. The molecule has 0 fully saturated rings. The van der Waals surface area contributed by atoms with Gasteiger partial charge in [0.05, 0.1) is 15.5 Å². The van der Waals surface area contributed by atoms with Gasteiger partial charge in [-0.05, 0) is 12.1 Å². The Bertz CT molecular complexity index is 628. The lowest BCUT2D eigenvalue weighted by atomic mass is 10.1. The first-order valence-electron chi connectivity index (χ1n) is 5.72. The summed E-state index contributed by atoms with van der Waals surface area (Å²) in [6.07, 6.45) is 2.31. The lowest BCUT2D eigenvalue weighted by Crippen LogP contribution is -2.08. The molecule has 0 saturated heterocycles. The Kier molecular flexibility index (Phi) is 4.26. The van der Waals surface area contributed by atoms with Crippen molar-refractivity contribution in [3.63, 3.8) is 0 Å². The first kappa shape index (κ1) is 13.9. The van der Waals surface area contributed by atoms with Crippen molar-refractivity contribution in [1.82, 2.24) is 4.98 Å². The Morgan fingerprint density at radius 1 is 1.50 bits per heavy atom. The predicted octanol–water partition coefficient (Wildman–Crippen LogP) is 2.40. The topological polar surface area (TPSA) is 105 Å². The van der Waals surface area contributed by atoms with Crippen molar-refractivity contribution in [2.24, 2.45) is 0 Å². The second-order valence-electron chi connectivity index (χ2n) is 3.90. The second-order valence-corrected chi connectivity index (χ2v) is 4.88. The van der Waals surface area contributed by atoms with Gasteiger partial charge in [-0.15, -0.1) is 11.3 Å². The van der Waals surface area contributed by atoms with Crippen LogP contribution < -0.4 is 5.32 Å². The first-order valence-corrected chi connectivity index (χ1v) is 6.60. The summed E-state index contributed by atoms with van der Waals surface area (Å²) in [6.45, 7) is 0.442. The number of benzene rings is 1. The van der Waals surface area contributed by atoms with Gasteiger partial charge in [-0.3, -0.25) is 10.1 Å². The van der Waals surface area contributed by atoms with Gasteiger partial charge in [0.15, 0.2) is 0 Å². The minimum atomic E-state index is -1.12. The van der Waals surface area contributed by atoms with Crippen LogP contribution in [-0.4, -0.2) is 27.5 Å². The molecule has 0 spiro atoms. The number of thiazole rings is 1. The van der Waals surface area contributed by atoms with Gasteiger partial charge in [0.2, 0.25) is 0 Å². The van der Waals surface area contributed by atoms with E-state index in [1.54, 1.807) is 6.20 Å². The summed E-state index contributed by atoms with van der Waals surface area (Å²) in [5.74, 6) is -1.12. The molecule has 2 aromatic rings. The zero-order valence-corrected chi connectivity index (χ0v) is 11.1. The number of anilines is 1. The molecule has 0 bridgehead atoms. The number of carbonyl (C=O) groups is 1. The van der Waals surface area contributed by atoms with Crippen LogP contribution in [0.3, 0.4) is 0 Å². The van der Waals surface area contributed by atoms with E-state index in [2.05, 4.69) is 10.3 Å². The number of carboxylic acids is 1. The summed E-state index contributed by atoms with van der Waals surface area (Å²) in [4.78, 5) is 25.3. The van der Waals surface area contributed by atoms with E-state index in [9.17, 15) is 14.9 Å². The number of nitro groups is 1. The molecule has 0 saturated carbocycles. The van der Waals surface area contributed by atoms with Crippen molar-refractivity contribution in [1.29, 1.82) is 0 Å². The highest BCUT2D eigenvalue weighted by Crippen LogP contribution is 2.25. The Labute approximate surface area is 118 Å². The number of rotatable bonds is 6. The highest BCUT2D eigenvalue weighted by atomic mass is 32.1. The van der Waals surface area contributed by atoms with Gasteiger partial charge in [-0.25, -0.2) is 9.78 Å². The third kappa shape index (κ3) is 3.29. The average Bonchev–Trinajstić information content (AvgIpc) is 2.91. The molecule has 7 nitrogen and oxygen atoms in total. The van der Waals surface area contributed by atoms with Gasteiger partial charge in [-0.1, -0.05) is 0 Å². The summed E-state index contributed by atoms with van der Waals surface area (Å²) in [5.41, 5.74) is 0.0629. The maximum absolute atomic E-state index is 10.9. The van der Waals surface area contributed by atoms with E-state index in [0.29, 0.717) is 13.0 Å². The molecule has 2 rings (SSSR count). The van der Waals surface area contributed by atoms with Crippen LogP contribution in [0.15, 0.2) is 29.8 Å². The number of nitrogens with zero attached hydrogens (tertiary/aromatic N) is 2. The number of nitrogens with one attached hydrogen (secondary N) is 1. The standard InChI is InChI=1S/C12H11N3O4S/c16-12(17)8-1-2-10(15(18)19)9(7-8)13-4-3-11-14-5-6-20-11/h1-2,5-7,13H,3-4H2,(H,16,17). The average molecular weight is 293 g/mol. The molecule has 1 aromatic carbocycles. The molecule has 0 aliphatic carbocycles. The lowest BCUT2D eigenvalue weighted by Gasteiger charge is -2.07. The van der Waals surface area contributed by atoms with Crippen molar-refractivity contribution in [2.45, 2.75) is 6.42 Å². The van der Waals surface area contributed by atoms with Crippen LogP contribution in [-0.2, 0) is 6.42 Å². The van der Waals surface area contributed by atoms with E-state index < -0.39 is 10.9 Å². The van der Waals surface area contributed by atoms with Crippen molar-refractivity contribution in [3.8, 4) is 0 Å². The maximum Gasteiger partial charge on any atom is 0.335 e. The number of hydrogen-bond donors (Lipinski definition) is 2. The highest BCUT2D eigenvalue weighted by Gasteiger charge is 2.16. The molecule has 8 heteroatoms. The number of hydrogen-bond acceptors (Lipinski definition) is 6. The fourth-order valence-corrected chi connectivity index (χ4v) is 2.27. The van der Waals surface area contributed by atoms with Crippen molar-refractivity contribution >= 4 is 28.7 Å². The molecule has 1 heterocycles. The number of carboxylic acid groups (broad SMARTS) is 1. The normalized spacial score (nSPS) is 10.2. The van der Waals surface area contributed by atoms with Crippen LogP contribution >= 0.6 is 11.3 Å². The SMILES string of the molecule is O=C(O)c1ccc([N+](=O)[O-])c(NCCc2nccs2)c1. The van der Waals surface area contributed by atoms with Crippen LogP contribution in [0, 0.1) is 10.1 Å². The van der Waals surface area contributed by atoms with Gasteiger partial charge in [0, 0.05) is 30.6 Å². The fraction of sp³-hybridized carbons (Fsp3) is 0.167. The van der Waals surface area contributed by atoms with Gasteiger partial charge >= 0.3 is 5.97 Å². The van der Waals surface area contributed by atoms with Gasteiger partial charge in [0.25, 0.3) is 5.69 Å². The number of nitro benzene ring substituents is 1. The molecule has 104 valence electrons. The van der Waals surface area contributed by atoms with E-state index in [0.717, 1.165) is 5.01 Å². The Morgan fingerprint density at radius 2 is 2.30 bits per heavy atom. The zero-order chi connectivity index (χ0) is 14.5. The summed E-state index contributed by atoms with van der Waals surface area (Å²) in [5, 5.41) is 25.5. The smallest absolute Gasteiger partial charge is 0.335 e. The summed E-state index contributed by atoms with van der Waals surface area (Å²) >= 11 is 1.50. The maximum atomic E-state index is 10.9. The third-order valence-electron chi connectivity index (χ3n) is 2.58. The van der Waals surface area contributed by atoms with E-state index in [1.807, 2.05) is 5.38 Å². The second kappa shape index (κ2) is 6.11. The Balaban J connectivity index is 2.13. The monoisotopic (exact) mass is 293 g/mol. The van der Waals surface area contributed by atoms with Crippen LogP contribution in [0.4, 0.5) is 11.4 Å². The van der Waals surface area contributed by atoms with Gasteiger partial charge < -0.3 is 10.4 Å². The van der Waals surface area contributed by atoms with Crippen molar-refractivity contribution in [3.05, 3.63) is 50.5 Å². The minimum Gasteiger partial charge on any atom is -0.478 e. The summed E-state index contributed by atoms with van der Waals surface area (Å²) in [7, 11) is 0. The number of aromatic nitrogens is 1. The highest BCUT2D eigenvalue weighted by molar-refractivity contribution is 7.09. The largest absolute Gasteiger partial charge is 0.478 e. The lowest BCUT2D eigenvalue weighted by molar-refractivity contribution is -0.384. The number of aromatic carboxylic acids is 1. The quantitative estimate of drug-likeness (QED) is 0.626. The molecule has 0 aliphatic heterocycles. The molecule has 2 N–H and O–H groups in total. The predicted molar refractivity (Wildman–Crippen MR) is 74.4 cm³/mol. The molecule has 1 aromatic heterocycles. The fourth-order valence-electron chi connectivity index (χ4n) is 1.65. The molecule has 0 aliphatic rings. The van der Waals surface area contributed by atoms with Crippen LogP contribution in [0.2, 0.25) is 0 Å². The molecule has 0 unspecified atom stereocenters. The van der Waals surface area contributed by atoms with Crippen LogP contribution in [0.5, 0.6) is 0 Å². The third-order valence-corrected chi connectivity index (χ3v) is 3.42. The molecular formula is C12H11N3O4S. The van der Waals surface area contributed by atoms with E-state index in [1.165, 1.54) is 29.5 Å². The first-order chi connectivity index (χ1) is 9.58. The van der Waals surface area contributed by atoms with Crippen LogP contribution in [0.1, 0.15) is 15.4 Å². The van der Waals surface area contributed by atoms with E-state index in [-0.39, 0.29) is 16.9 Å². The Morgan fingerprint density at radius 3 is 2.90 bits per heavy atom. The summed E-state index contributed by atoms with van der Waals surface area (Å²) in [6, 6.07) is 3.67. The molecular weight excluding hydrogens is 282 g/mol. The molecule has 20 heavy (non-hydrogen) atoms. The van der Waals surface area contributed by atoms with Gasteiger partial charge in [-0.2, -0.15) is 0 Å². The van der Waals surface area contributed by atoms with Crippen LogP contribution in [0.25, 0.3) is 0 Å². The summed E-state index contributed by atoms with van der Waals surface area (Å²) < 4.78 is 0. The molecule has 0 radical (unpaired) electrons. The minimum absolute atomic E-state index is 0.00680. The Hall–Kier alpha value is -2.48. The van der Waals surface area contributed by atoms with E-state index >= 15 is 0 Å². The van der Waals surface area contributed by atoms with E-state index in [4.69, 9.17) is 5.11 Å². The molecule has 0 amide bonds. The van der Waals surface area contributed by atoms with Gasteiger partial charge in [0.1, 0.15) is 5.69 Å². The van der Waals surface area contributed by atoms with Crippen molar-refractivity contribution in [2.75, 3.05) is 11.9 Å².